The van der Waals surface area contributed by atoms with E-state index in [0.29, 0.717) is 5.56 Å². The predicted octanol–water partition coefficient (Wildman–Crippen LogP) is 0.194. The summed E-state index contributed by atoms with van der Waals surface area (Å²) in [6.45, 7) is 0. The van der Waals surface area contributed by atoms with E-state index >= 15 is 0 Å². The van der Waals surface area contributed by atoms with Crippen molar-refractivity contribution in [1.29, 1.82) is 0 Å². The molecule has 166 valence electrons. The zero-order valence-electron chi connectivity index (χ0n) is 16.6. The number of carbonyl (C=O) groups excluding carboxylic acids is 2. The second-order valence-electron chi connectivity index (χ2n) is 6.99. The van der Waals surface area contributed by atoms with Crippen molar-refractivity contribution in [2.45, 2.75) is 31.0 Å². The van der Waals surface area contributed by atoms with Gasteiger partial charge in [0.2, 0.25) is 11.8 Å². The number of carbonyl (C=O) groups is 3. The van der Waals surface area contributed by atoms with Gasteiger partial charge in [0.1, 0.15) is 23.6 Å². The number of benzene rings is 2. The van der Waals surface area contributed by atoms with Gasteiger partial charge in [-0.25, -0.2) is 4.79 Å². The summed E-state index contributed by atoms with van der Waals surface area (Å²) in [6, 6.07) is 8.99. The molecular formula is C21H25N3O6S. The maximum atomic E-state index is 12.7. The van der Waals surface area contributed by atoms with Crippen LogP contribution in [-0.4, -0.2) is 57.0 Å². The number of carboxylic acid groups (broad SMARTS) is 1. The molecule has 0 aliphatic carbocycles. The first-order valence-corrected chi connectivity index (χ1v) is 10.1. The summed E-state index contributed by atoms with van der Waals surface area (Å²) >= 11 is 3.93. The number of hydrogen-bond acceptors (Lipinski definition) is 7. The molecule has 9 nitrogen and oxygen atoms in total. The van der Waals surface area contributed by atoms with Crippen molar-refractivity contribution in [2.75, 3.05) is 5.75 Å². The third-order valence-corrected chi connectivity index (χ3v) is 4.90. The molecular weight excluding hydrogens is 422 g/mol. The number of aliphatic carboxylic acids is 1. The Bertz CT molecular complexity index is 904. The minimum absolute atomic E-state index is 0.0470. The number of thiol groups is 1. The van der Waals surface area contributed by atoms with Crippen molar-refractivity contribution in [3.05, 3.63) is 59.7 Å². The van der Waals surface area contributed by atoms with E-state index in [0.717, 1.165) is 5.56 Å². The average molecular weight is 448 g/mol. The van der Waals surface area contributed by atoms with Crippen molar-refractivity contribution in [3.63, 3.8) is 0 Å². The summed E-state index contributed by atoms with van der Waals surface area (Å²) < 4.78 is 0. The Hall–Kier alpha value is -3.24. The van der Waals surface area contributed by atoms with E-state index in [-0.39, 0.29) is 30.1 Å². The molecule has 31 heavy (non-hydrogen) atoms. The maximum absolute atomic E-state index is 12.7. The van der Waals surface area contributed by atoms with Gasteiger partial charge in [-0.2, -0.15) is 12.6 Å². The molecule has 0 spiro atoms. The molecule has 0 radical (unpaired) electrons. The number of phenolic OH excluding ortho intramolecular Hbond substituents is 2. The van der Waals surface area contributed by atoms with Crippen LogP contribution in [0.25, 0.3) is 0 Å². The minimum Gasteiger partial charge on any atom is -0.508 e. The molecule has 3 atom stereocenters. The number of rotatable bonds is 10. The average Bonchev–Trinajstić information content (AvgIpc) is 2.74. The van der Waals surface area contributed by atoms with Crippen LogP contribution in [0, 0.1) is 0 Å². The minimum atomic E-state index is -1.25. The number of nitrogens with one attached hydrogen (secondary N) is 2. The molecule has 2 amide bonds. The second-order valence-corrected chi connectivity index (χ2v) is 7.36. The first kappa shape index (κ1) is 24.0. The Balaban J connectivity index is 2.12. The molecule has 2 aromatic carbocycles. The van der Waals surface area contributed by atoms with E-state index in [1.54, 1.807) is 24.3 Å². The summed E-state index contributed by atoms with van der Waals surface area (Å²) in [6.07, 6.45) is 0.233. The SMILES string of the molecule is N[C@H](Cc1ccc(O)cc1)C(=O)N[C@H](Cc1ccc(O)cc1)C(=O)N[C@H](CS)C(=O)O. The van der Waals surface area contributed by atoms with Gasteiger partial charge >= 0.3 is 5.97 Å². The van der Waals surface area contributed by atoms with E-state index in [1.807, 2.05) is 0 Å². The summed E-state index contributed by atoms with van der Waals surface area (Å²) in [7, 11) is 0. The summed E-state index contributed by atoms with van der Waals surface area (Å²) in [5.41, 5.74) is 7.34. The van der Waals surface area contributed by atoms with Crippen molar-refractivity contribution in [1.82, 2.24) is 10.6 Å². The third-order valence-electron chi connectivity index (χ3n) is 4.54. The number of aromatic hydroxyl groups is 2. The fourth-order valence-electron chi connectivity index (χ4n) is 2.79. The van der Waals surface area contributed by atoms with Gasteiger partial charge in [-0.15, -0.1) is 0 Å². The summed E-state index contributed by atoms with van der Waals surface area (Å²) in [5.74, 6) is -2.52. The second kappa shape index (κ2) is 11.2. The standard InChI is InChI=1S/C21H25N3O6S/c22-16(9-12-1-5-14(25)6-2-12)19(27)23-17(10-13-3-7-15(26)8-4-13)20(28)24-18(11-31)21(29)30/h1-8,16-18,25-26,31H,9-11,22H2,(H,23,27)(H,24,28)(H,29,30)/t16-,17-,18-/m1/s1. The smallest absolute Gasteiger partial charge is 0.327 e. The van der Waals surface area contributed by atoms with Gasteiger partial charge in [-0.3, -0.25) is 9.59 Å². The Morgan fingerprint density at radius 1 is 0.806 bits per heavy atom. The van der Waals surface area contributed by atoms with Crippen LogP contribution >= 0.6 is 12.6 Å². The Labute approximate surface area is 184 Å². The molecule has 0 saturated carbocycles. The molecule has 0 fully saturated rings. The van der Waals surface area contributed by atoms with Crippen LogP contribution in [0.2, 0.25) is 0 Å². The lowest BCUT2D eigenvalue weighted by molar-refractivity contribution is -0.141. The number of amides is 2. The number of carboxylic acids is 1. The Morgan fingerprint density at radius 3 is 1.71 bits per heavy atom. The van der Waals surface area contributed by atoms with Crippen molar-refractivity contribution >= 4 is 30.4 Å². The van der Waals surface area contributed by atoms with Crippen LogP contribution in [-0.2, 0) is 27.2 Å². The van der Waals surface area contributed by atoms with Crippen LogP contribution in [0.5, 0.6) is 11.5 Å². The van der Waals surface area contributed by atoms with E-state index in [2.05, 4.69) is 23.3 Å². The van der Waals surface area contributed by atoms with Gasteiger partial charge in [-0.05, 0) is 41.8 Å². The zero-order chi connectivity index (χ0) is 23.0. The topological polar surface area (TPSA) is 162 Å². The molecule has 0 saturated heterocycles. The molecule has 7 N–H and O–H groups in total. The maximum Gasteiger partial charge on any atom is 0.327 e. The normalized spacial score (nSPS) is 13.6. The highest BCUT2D eigenvalue weighted by Gasteiger charge is 2.27. The van der Waals surface area contributed by atoms with Gasteiger partial charge in [-0.1, -0.05) is 24.3 Å². The van der Waals surface area contributed by atoms with Gasteiger partial charge in [0.25, 0.3) is 0 Å². The molecule has 0 unspecified atom stereocenters. The number of hydrogen-bond donors (Lipinski definition) is 7. The quantitative estimate of drug-likeness (QED) is 0.256. The van der Waals surface area contributed by atoms with Crippen LogP contribution in [0.4, 0.5) is 0 Å². The highest BCUT2D eigenvalue weighted by atomic mass is 32.1. The molecule has 0 aliphatic rings. The molecule has 0 aromatic heterocycles. The van der Waals surface area contributed by atoms with Gasteiger partial charge in [0.15, 0.2) is 0 Å². The molecule has 10 heteroatoms. The number of phenols is 2. The van der Waals surface area contributed by atoms with E-state index in [1.165, 1.54) is 24.3 Å². The van der Waals surface area contributed by atoms with E-state index in [9.17, 15) is 24.6 Å². The van der Waals surface area contributed by atoms with Crippen LogP contribution < -0.4 is 16.4 Å². The Morgan fingerprint density at radius 2 is 1.26 bits per heavy atom. The largest absolute Gasteiger partial charge is 0.508 e. The number of nitrogens with two attached hydrogens (primary N) is 1. The lowest BCUT2D eigenvalue weighted by Gasteiger charge is -2.22. The molecule has 0 aliphatic heterocycles. The molecule has 2 aromatic rings. The predicted molar refractivity (Wildman–Crippen MR) is 117 cm³/mol. The van der Waals surface area contributed by atoms with Crippen LogP contribution in [0.1, 0.15) is 11.1 Å². The summed E-state index contributed by atoms with van der Waals surface area (Å²) in [4.78, 5) is 36.6. The third kappa shape index (κ3) is 7.50. The van der Waals surface area contributed by atoms with Crippen LogP contribution in [0.15, 0.2) is 48.5 Å². The first-order valence-electron chi connectivity index (χ1n) is 9.45. The molecule has 2 rings (SSSR count). The van der Waals surface area contributed by atoms with Crippen LogP contribution in [0.3, 0.4) is 0 Å². The fourth-order valence-corrected chi connectivity index (χ4v) is 3.04. The van der Waals surface area contributed by atoms with E-state index < -0.39 is 35.9 Å². The summed E-state index contributed by atoms with van der Waals surface area (Å²) in [5, 5.41) is 32.9. The van der Waals surface area contributed by atoms with Crippen molar-refractivity contribution in [3.8, 4) is 11.5 Å². The lowest BCUT2D eigenvalue weighted by Crippen LogP contribution is -2.55. The Kier molecular flexibility index (Phi) is 8.71. The van der Waals surface area contributed by atoms with Crippen molar-refractivity contribution < 1.29 is 29.7 Å². The molecule has 0 heterocycles. The van der Waals surface area contributed by atoms with Gasteiger partial charge in [0.05, 0.1) is 6.04 Å². The van der Waals surface area contributed by atoms with Crippen molar-refractivity contribution in [2.24, 2.45) is 5.73 Å². The first-order chi connectivity index (χ1) is 14.7. The molecule has 0 bridgehead atoms. The zero-order valence-corrected chi connectivity index (χ0v) is 17.5. The van der Waals surface area contributed by atoms with Gasteiger partial charge < -0.3 is 31.7 Å². The van der Waals surface area contributed by atoms with E-state index in [4.69, 9.17) is 10.8 Å². The van der Waals surface area contributed by atoms with Gasteiger partial charge in [0, 0.05) is 12.2 Å². The fraction of sp³-hybridized carbons (Fsp3) is 0.286. The lowest BCUT2D eigenvalue weighted by atomic mass is 10.0. The highest BCUT2D eigenvalue weighted by Crippen LogP contribution is 2.13. The monoisotopic (exact) mass is 447 g/mol. The highest BCUT2D eigenvalue weighted by molar-refractivity contribution is 7.80.